The van der Waals surface area contributed by atoms with Crippen LogP contribution in [0.2, 0.25) is 20.1 Å². The van der Waals surface area contributed by atoms with Gasteiger partial charge in [-0.25, -0.2) is 4.68 Å². The normalized spacial score (nSPS) is 16.1. The van der Waals surface area contributed by atoms with Gasteiger partial charge in [0.05, 0.1) is 22.3 Å². The van der Waals surface area contributed by atoms with Gasteiger partial charge in [0.15, 0.2) is 0 Å². The maximum atomic E-state index is 6.36. The third kappa shape index (κ3) is 5.76. The first kappa shape index (κ1) is 24.4. The Bertz CT molecular complexity index is 1340. The maximum absolute atomic E-state index is 6.36. The molecule has 4 aromatic rings. The Kier molecular flexibility index (Phi) is 7.51. The van der Waals surface area contributed by atoms with E-state index < -0.39 is 0 Å². The summed E-state index contributed by atoms with van der Waals surface area (Å²) in [6, 6.07) is 19.2. The van der Waals surface area contributed by atoms with Gasteiger partial charge in [-0.3, -0.25) is 4.90 Å². The van der Waals surface area contributed by atoms with Crippen molar-refractivity contribution in [3.8, 4) is 17.0 Å². The molecule has 0 radical (unpaired) electrons. The van der Waals surface area contributed by atoms with E-state index in [-0.39, 0.29) is 6.04 Å². The molecule has 0 bridgehead atoms. The lowest BCUT2D eigenvalue weighted by Gasteiger charge is -2.17. The number of hydrogen-bond donors (Lipinski definition) is 0. The van der Waals surface area contributed by atoms with E-state index in [1.165, 1.54) is 0 Å². The molecule has 0 spiro atoms. The Labute approximate surface area is 224 Å². The van der Waals surface area contributed by atoms with E-state index in [1.807, 2.05) is 59.4 Å². The van der Waals surface area contributed by atoms with Crippen LogP contribution in [0.3, 0.4) is 0 Å². The average Bonchev–Trinajstić information content (AvgIpc) is 3.52. The molecule has 9 heteroatoms. The predicted molar refractivity (Wildman–Crippen MR) is 142 cm³/mol. The molecule has 0 N–H and O–H groups in total. The molecule has 1 fully saturated rings. The van der Waals surface area contributed by atoms with Crippen molar-refractivity contribution in [1.82, 2.24) is 19.9 Å². The lowest BCUT2D eigenvalue weighted by Crippen LogP contribution is -2.21. The molecule has 35 heavy (non-hydrogen) atoms. The van der Waals surface area contributed by atoms with Crippen molar-refractivity contribution >= 4 is 46.4 Å². The molecule has 180 valence electrons. The Hall–Kier alpha value is -2.28. The molecule has 1 aliphatic heterocycles. The van der Waals surface area contributed by atoms with E-state index in [0.29, 0.717) is 26.7 Å². The standard InChI is InChI=1S/C26H22Cl4N4O/c27-19-7-6-18(23(29)12-19)13-33-10-9-20(14-33)34-15-25(31-32-34)21-3-1-2-4-26(21)35-16-17-5-8-22(28)24(30)11-17/h1-8,11-12,15,20H,9-10,13-14,16H2/t20-/m0/s1. The summed E-state index contributed by atoms with van der Waals surface area (Å²) in [5.74, 6) is 0.732. The van der Waals surface area contributed by atoms with Crippen LogP contribution in [-0.4, -0.2) is 33.0 Å². The van der Waals surface area contributed by atoms with Crippen LogP contribution in [0.1, 0.15) is 23.6 Å². The number of rotatable bonds is 7. The molecule has 5 nitrogen and oxygen atoms in total. The van der Waals surface area contributed by atoms with Gasteiger partial charge in [-0.05, 0) is 53.9 Å². The molecule has 0 unspecified atom stereocenters. The van der Waals surface area contributed by atoms with Crippen molar-refractivity contribution < 1.29 is 4.74 Å². The van der Waals surface area contributed by atoms with E-state index in [0.717, 1.165) is 54.2 Å². The van der Waals surface area contributed by atoms with Crippen molar-refractivity contribution in [2.45, 2.75) is 25.6 Å². The molecular weight excluding hydrogens is 526 g/mol. The lowest BCUT2D eigenvalue weighted by atomic mass is 10.1. The fourth-order valence-corrected chi connectivity index (χ4v) is 5.02. The molecule has 3 aromatic carbocycles. The Morgan fingerprint density at radius 3 is 2.60 bits per heavy atom. The highest BCUT2D eigenvalue weighted by Gasteiger charge is 2.26. The number of para-hydroxylation sites is 1. The molecule has 1 saturated heterocycles. The van der Waals surface area contributed by atoms with E-state index in [1.54, 1.807) is 12.1 Å². The summed E-state index contributed by atoms with van der Waals surface area (Å²) in [4.78, 5) is 2.37. The predicted octanol–water partition coefficient (Wildman–Crippen LogP) is 7.58. The second kappa shape index (κ2) is 10.8. The largest absolute Gasteiger partial charge is 0.488 e. The summed E-state index contributed by atoms with van der Waals surface area (Å²) in [7, 11) is 0. The molecule has 0 aliphatic carbocycles. The molecule has 1 atom stereocenters. The number of ether oxygens (including phenoxy) is 1. The zero-order valence-corrected chi connectivity index (χ0v) is 21.7. The van der Waals surface area contributed by atoms with Crippen LogP contribution in [0.25, 0.3) is 11.3 Å². The minimum absolute atomic E-state index is 0.242. The number of benzene rings is 3. The molecule has 1 aliphatic rings. The first-order valence-electron chi connectivity index (χ1n) is 11.2. The summed E-state index contributed by atoms with van der Waals surface area (Å²) in [5.41, 5.74) is 3.67. The van der Waals surface area contributed by atoms with Gasteiger partial charge in [0.2, 0.25) is 0 Å². The minimum Gasteiger partial charge on any atom is -0.488 e. The SMILES string of the molecule is Clc1ccc(CN2CC[C@H](n3cc(-c4ccccc4OCc4ccc(Cl)c(Cl)c4)nn3)C2)c(Cl)c1. The Morgan fingerprint density at radius 2 is 1.77 bits per heavy atom. The highest BCUT2D eigenvalue weighted by atomic mass is 35.5. The maximum Gasteiger partial charge on any atom is 0.129 e. The number of nitrogens with zero attached hydrogens (tertiary/aromatic N) is 4. The quantitative estimate of drug-likeness (QED) is 0.239. The summed E-state index contributed by atoms with van der Waals surface area (Å²) in [6.45, 7) is 2.98. The molecule has 0 amide bonds. The molecule has 0 saturated carbocycles. The van der Waals surface area contributed by atoms with Gasteiger partial charge in [0.1, 0.15) is 18.1 Å². The third-order valence-electron chi connectivity index (χ3n) is 6.08. The fourth-order valence-electron chi connectivity index (χ4n) is 4.24. The molecular formula is C26H22Cl4N4O. The first-order chi connectivity index (χ1) is 17.0. The smallest absolute Gasteiger partial charge is 0.129 e. The Morgan fingerprint density at radius 1 is 0.914 bits per heavy atom. The van der Waals surface area contributed by atoms with Crippen molar-refractivity contribution in [3.63, 3.8) is 0 Å². The van der Waals surface area contributed by atoms with Crippen LogP contribution in [0.5, 0.6) is 5.75 Å². The average molecular weight is 548 g/mol. The van der Waals surface area contributed by atoms with Crippen molar-refractivity contribution in [2.75, 3.05) is 13.1 Å². The summed E-state index contributed by atoms with van der Waals surface area (Å²) >= 11 is 24.5. The molecule has 2 heterocycles. The third-order valence-corrected chi connectivity index (χ3v) is 7.41. The first-order valence-corrected chi connectivity index (χ1v) is 12.7. The highest BCUT2D eigenvalue weighted by Crippen LogP contribution is 2.32. The van der Waals surface area contributed by atoms with Gasteiger partial charge in [0.25, 0.3) is 0 Å². The summed E-state index contributed by atoms with van der Waals surface area (Å²) in [5, 5.41) is 11.3. The van der Waals surface area contributed by atoms with E-state index >= 15 is 0 Å². The topological polar surface area (TPSA) is 43.2 Å². The van der Waals surface area contributed by atoms with Crippen molar-refractivity contribution in [3.05, 3.63) is 98.1 Å². The second-order valence-electron chi connectivity index (χ2n) is 8.53. The van der Waals surface area contributed by atoms with E-state index in [4.69, 9.17) is 51.1 Å². The van der Waals surface area contributed by atoms with E-state index in [9.17, 15) is 0 Å². The van der Waals surface area contributed by atoms with Crippen LogP contribution < -0.4 is 4.74 Å². The number of likely N-dealkylation sites (tertiary alicyclic amines) is 1. The van der Waals surface area contributed by atoms with Gasteiger partial charge in [0, 0.05) is 35.2 Å². The molecule has 1 aromatic heterocycles. The van der Waals surface area contributed by atoms with Crippen molar-refractivity contribution in [1.29, 1.82) is 0 Å². The minimum atomic E-state index is 0.242. The van der Waals surface area contributed by atoms with Crippen LogP contribution in [0.15, 0.2) is 66.9 Å². The summed E-state index contributed by atoms with van der Waals surface area (Å²) in [6.07, 6.45) is 2.98. The van der Waals surface area contributed by atoms with Crippen LogP contribution >= 0.6 is 46.4 Å². The second-order valence-corrected chi connectivity index (χ2v) is 10.2. The Balaban J connectivity index is 1.26. The fraction of sp³-hybridized carbons (Fsp3) is 0.231. The van der Waals surface area contributed by atoms with Gasteiger partial charge in [-0.1, -0.05) is 75.9 Å². The number of hydrogen-bond acceptors (Lipinski definition) is 4. The van der Waals surface area contributed by atoms with Crippen LogP contribution in [-0.2, 0) is 13.2 Å². The zero-order valence-electron chi connectivity index (χ0n) is 18.7. The van der Waals surface area contributed by atoms with Gasteiger partial charge in [-0.15, -0.1) is 5.10 Å². The number of halogens is 4. The highest BCUT2D eigenvalue weighted by molar-refractivity contribution is 6.42. The van der Waals surface area contributed by atoms with Crippen molar-refractivity contribution in [2.24, 2.45) is 0 Å². The molecule has 5 rings (SSSR count). The van der Waals surface area contributed by atoms with Gasteiger partial charge in [-0.2, -0.15) is 0 Å². The van der Waals surface area contributed by atoms with Gasteiger partial charge >= 0.3 is 0 Å². The monoisotopic (exact) mass is 546 g/mol. The van der Waals surface area contributed by atoms with E-state index in [2.05, 4.69) is 15.2 Å². The van der Waals surface area contributed by atoms with Crippen LogP contribution in [0, 0.1) is 0 Å². The lowest BCUT2D eigenvalue weighted by molar-refractivity contribution is 0.307. The van der Waals surface area contributed by atoms with Gasteiger partial charge < -0.3 is 4.74 Å². The summed E-state index contributed by atoms with van der Waals surface area (Å²) < 4.78 is 8.05. The zero-order chi connectivity index (χ0) is 24.4. The van der Waals surface area contributed by atoms with Crippen LogP contribution in [0.4, 0.5) is 0 Å². The number of aromatic nitrogens is 3.